The van der Waals surface area contributed by atoms with E-state index in [4.69, 9.17) is 16.3 Å². The molecule has 0 N–H and O–H groups in total. The maximum absolute atomic E-state index is 12.9. The van der Waals surface area contributed by atoms with Gasteiger partial charge in [-0.05, 0) is 56.3 Å². The Kier molecular flexibility index (Phi) is 6.36. The van der Waals surface area contributed by atoms with E-state index >= 15 is 0 Å². The van der Waals surface area contributed by atoms with Crippen molar-refractivity contribution in [2.45, 2.75) is 32.9 Å². The van der Waals surface area contributed by atoms with Gasteiger partial charge < -0.3 is 9.30 Å². The smallest absolute Gasteiger partial charge is 0.326 e. The molecule has 1 fully saturated rings. The maximum Gasteiger partial charge on any atom is 0.326 e. The third-order valence-electron chi connectivity index (χ3n) is 4.99. The first-order chi connectivity index (χ1) is 15.6. The predicted octanol–water partition coefficient (Wildman–Crippen LogP) is 5.72. The van der Waals surface area contributed by atoms with Crippen molar-refractivity contribution in [1.82, 2.24) is 9.47 Å². The zero-order valence-electron chi connectivity index (χ0n) is 18.5. The SMILES string of the molecule is CC(C)(C)OC(=O)CN1C(=O)SC(=Cc2cn(Cc3ccccc3Cl)c3ccccc23)C1=O. The highest BCUT2D eigenvalue weighted by Gasteiger charge is 2.37. The van der Waals surface area contributed by atoms with Crippen LogP contribution in [-0.4, -0.2) is 38.7 Å². The van der Waals surface area contributed by atoms with E-state index in [0.717, 1.165) is 38.7 Å². The zero-order valence-corrected chi connectivity index (χ0v) is 20.1. The number of imide groups is 1. The first-order valence-electron chi connectivity index (χ1n) is 10.4. The molecular weight excluding hydrogens is 460 g/mol. The number of carbonyl (C=O) groups is 3. The number of aromatic nitrogens is 1. The van der Waals surface area contributed by atoms with Crippen molar-refractivity contribution < 1.29 is 19.1 Å². The molecule has 33 heavy (non-hydrogen) atoms. The number of thioether (sulfide) groups is 1. The molecule has 4 rings (SSSR count). The van der Waals surface area contributed by atoms with Crippen LogP contribution in [-0.2, 0) is 20.9 Å². The van der Waals surface area contributed by atoms with E-state index in [-0.39, 0.29) is 4.91 Å². The highest BCUT2D eigenvalue weighted by Crippen LogP contribution is 2.34. The summed E-state index contributed by atoms with van der Waals surface area (Å²) in [6, 6.07) is 15.5. The van der Waals surface area contributed by atoms with Crippen molar-refractivity contribution in [2.24, 2.45) is 0 Å². The minimum atomic E-state index is -0.696. The number of para-hydroxylation sites is 1. The lowest BCUT2D eigenvalue weighted by atomic mass is 10.1. The van der Waals surface area contributed by atoms with Gasteiger partial charge in [-0.1, -0.05) is 48.0 Å². The Morgan fingerprint density at radius 2 is 1.79 bits per heavy atom. The van der Waals surface area contributed by atoms with Crippen LogP contribution in [0.3, 0.4) is 0 Å². The van der Waals surface area contributed by atoms with Crippen LogP contribution < -0.4 is 0 Å². The standard InChI is InChI=1S/C25H23ClN2O4S/c1-25(2,3)32-22(29)15-28-23(30)21(33-24(28)31)12-17-14-27(20-11-7-5-9-18(17)20)13-16-8-4-6-10-19(16)26/h4-12,14H,13,15H2,1-3H3. The van der Waals surface area contributed by atoms with Crippen LogP contribution in [0, 0.1) is 0 Å². The highest BCUT2D eigenvalue weighted by molar-refractivity contribution is 8.18. The summed E-state index contributed by atoms with van der Waals surface area (Å²) in [6.45, 7) is 5.35. The van der Waals surface area contributed by atoms with Crippen LogP contribution in [0.25, 0.3) is 17.0 Å². The molecule has 0 radical (unpaired) electrons. The molecule has 2 aromatic carbocycles. The van der Waals surface area contributed by atoms with Crippen LogP contribution in [0.4, 0.5) is 4.79 Å². The first-order valence-corrected chi connectivity index (χ1v) is 11.6. The minimum Gasteiger partial charge on any atom is -0.459 e. The number of esters is 1. The monoisotopic (exact) mass is 482 g/mol. The number of nitrogens with zero attached hydrogens (tertiary/aromatic N) is 2. The Morgan fingerprint density at radius 3 is 2.52 bits per heavy atom. The topological polar surface area (TPSA) is 68.6 Å². The second-order valence-electron chi connectivity index (χ2n) is 8.68. The van der Waals surface area contributed by atoms with E-state index in [0.29, 0.717) is 11.6 Å². The summed E-state index contributed by atoms with van der Waals surface area (Å²) in [7, 11) is 0. The second kappa shape index (κ2) is 9.08. The molecule has 2 amide bonds. The third kappa shape index (κ3) is 5.15. The van der Waals surface area contributed by atoms with Crippen LogP contribution >= 0.6 is 23.4 Å². The van der Waals surface area contributed by atoms with Crippen molar-refractivity contribution in [1.29, 1.82) is 0 Å². The summed E-state index contributed by atoms with van der Waals surface area (Å²) < 4.78 is 7.31. The molecule has 3 aromatic rings. The minimum absolute atomic E-state index is 0.268. The number of halogens is 1. The van der Waals surface area contributed by atoms with E-state index in [1.807, 2.05) is 54.7 Å². The number of ether oxygens (including phenoxy) is 1. The number of amides is 2. The third-order valence-corrected chi connectivity index (χ3v) is 6.26. The van der Waals surface area contributed by atoms with E-state index in [9.17, 15) is 14.4 Å². The summed E-state index contributed by atoms with van der Waals surface area (Å²) in [5.74, 6) is -1.12. The summed E-state index contributed by atoms with van der Waals surface area (Å²) in [5.41, 5.74) is 2.07. The number of hydrogen-bond acceptors (Lipinski definition) is 5. The molecule has 0 aliphatic carbocycles. The number of hydrogen-bond donors (Lipinski definition) is 0. The Morgan fingerprint density at radius 1 is 1.09 bits per heavy atom. The Hall–Kier alpha value is -3.03. The molecule has 0 spiro atoms. The predicted molar refractivity (Wildman–Crippen MR) is 131 cm³/mol. The van der Waals surface area contributed by atoms with Crippen molar-refractivity contribution in [3.05, 3.63) is 75.8 Å². The van der Waals surface area contributed by atoms with Crippen LogP contribution in [0.5, 0.6) is 0 Å². The highest BCUT2D eigenvalue weighted by atomic mass is 35.5. The van der Waals surface area contributed by atoms with E-state index in [1.165, 1.54) is 0 Å². The van der Waals surface area contributed by atoms with Gasteiger partial charge in [0.2, 0.25) is 0 Å². The molecule has 6 nitrogen and oxygen atoms in total. The van der Waals surface area contributed by atoms with Crippen LogP contribution in [0.1, 0.15) is 31.9 Å². The molecule has 0 bridgehead atoms. The Balaban J connectivity index is 1.63. The molecule has 1 aliphatic heterocycles. The molecule has 0 saturated carbocycles. The van der Waals surface area contributed by atoms with Gasteiger partial charge in [-0.25, -0.2) is 0 Å². The Bertz CT molecular complexity index is 1290. The number of carbonyl (C=O) groups excluding carboxylic acids is 3. The van der Waals surface area contributed by atoms with E-state index in [1.54, 1.807) is 26.8 Å². The first kappa shape index (κ1) is 23.1. The van der Waals surface area contributed by atoms with Gasteiger partial charge in [0, 0.05) is 34.2 Å². The Labute approximate surface area is 201 Å². The van der Waals surface area contributed by atoms with Crippen molar-refractivity contribution >= 4 is 57.5 Å². The summed E-state index contributed by atoms with van der Waals surface area (Å²) in [5, 5.41) is 1.14. The normalized spacial score (nSPS) is 15.6. The van der Waals surface area contributed by atoms with E-state index in [2.05, 4.69) is 4.57 Å². The fourth-order valence-corrected chi connectivity index (χ4v) is 4.64. The quantitative estimate of drug-likeness (QED) is 0.343. The average Bonchev–Trinajstić information content (AvgIpc) is 3.21. The lowest BCUT2D eigenvalue weighted by molar-refractivity contribution is -0.156. The van der Waals surface area contributed by atoms with Crippen molar-refractivity contribution in [2.75, 3.05) is 6.54 Å². The molecular formula is C25H23ClN2O4S. The summed E-state index contributed by atoms with van der Waals surface area (Å²) in [6.07, 6.45) is 3.64. The number of rotatable bonds is 5. The lowest BCUT2D eigenvalue weighted by Crippen LogP contribution is -2.37. The van der Waals surface area contributed by atoms with Gasteiger partial charge in [-0.15, -0.1) is 0 Å². The number of benzene rings is 2. The lowest BCUT2D eigenvalue weighted by Gasteiger charge is -2.21. The van der Waals surface area contributed by atoms with Crippen molar-refractivity contribution in [3.8, 4) is 0 Å². The second-order valence-corrected chi connectivity index (χ2v) is 10.1. The molecule has 170 valence electrons. The number of fused-ring (bicyclic) bond motifs is 1. The van der Waals surface area contributed by atoms with Crippen molar-refractivity contribution in [3.63, 3.8) is 0 Å². The van der Waals surface area contributed by atoms with Crippen LogP contribution in [0.15, 0.2) is 59.6 Å². The molecule has 0 unspecified atom stereocenters. The molecule has 1 saturated heterocycles. The van der Waals surface area contributed by atoms with Gasteiger partial charge in [0.1, 0.15) is 12.1 Å². The van der Waals surface area contributed by atoms with Crippen LogP contribution in [0.2, 0.25) is 5.02 Å². The largest absolute Gasteiger partial charge is 0.459 e. The molecule has 1 aliphatic rings. The molecule has 0 atom stereocenters. The fraction of sp³-hybridized carbons (Fsp3) is 0.240. The summed E-state index contributed by atoms with van der Waals surface area (Å²) >= 11 is 7.17. The van der Waals surface area contributed by atoms with E-state index < -0.39 is 29.3 Å². The maximum atomic E-state index is 12.9. The molecule has 8 heteroatoms. The van der Waals surface area contributed by atoms with Gasteiger partial charge in [0.15, 0.2) is 0 Å². The fourth-order valence-electron chi connectivity index (χ4n) is 3.61. The molecule has 1 aromatic heterocycles. The van der Waals surface area contributed by atoms with Gasteiger partial charge in [-0.3, -0.25) is 19.3 Å². The molecule has 2 heterocycles. The summed E-state index contributed by atoms with van der Waals surface area (Å²) in [4.78, 5) is 38.6. The average molecular weight is 483 g/mol. The van der Waals surface area contributed by atoms with Gasteiger partial charge in [-0.2, -0.15) is 0 Å². The van der Waals surface area contributed by atoms with Gasteiger partial charge in [0.25, 0.3) is 11.1 Å². The van der Waals surface area contributed by atoms with Gasteiger partial charge >= 0.3 is 5.97 Å². The van der Waals surface area contributed by atoms with Gasteiger partial charge in [0.05, 0.1) is 4.91 Å². The zero-order chi connectivity index (χ0) is 23.8.